The molecule has 1 fully saturated rings. The Morgan fingerprint density at radius 1 is 1.29 bits per heavy atom. The van der Waals surface area contributed by atoms with Crippen LogP contribution >= 0.6 is 0 Å². The molecule has 2 atom stereocenters. The van der Waals surface area contributed by atoms with Crippen molar-refractivity contribution in [1.29, 1.82) is 0 Å². The van der Waals surface area contributed by atoms with Crippen molar-refractivity contribution in [2.45, 2.75) is 40.0 Å². The third kappa shape index (κ3) is 4.06. The van der Waals surface area contributed by atoms with E-state index in [1.807, 2.05) is 0 Å². The Balaban J connectivity index is 2.06. The number of nitrogens with zero attached hydrogens (tertiary/aromatic N) is 1. The van der Waals surface area contributed by atoms with E-state index < -0.39 is 0 Å². The number of aromatic hydroxyl groups is 1. The summed E-state index contributed by atoms with van der Waals surface area (Å²) >= 11 is 0. The average Bonchev–Trinajstić information content (AvgIpc) is 2.45. The molecule has 1 amide bonds. The lowest BCUT2D eigenvalue weighted by Gasteiger charge is -2.30. The lowest BCUT2D eigenvalue weighted by molar-refractivity contribution is 0.0954. The van der Waals surface area contributed by atoms with E-state index in [1.165, 1.54) is 18.6 Å². The summed E-state index contributed by atoms with van der Waals surface area (Å²) in [4.78, 5) is 12.1. The van der Waals surface area contributed by atoms with Crippen molar-refractivity contribution in [3.05, 3.63) is 29.8 Å². The van der Waals surface area contributed by atoms with Gasteiger partial charge in [0.05, 0.1) is 0 Å². The van der Waals surface area contributed by atoms with Gasteiger partial charge in [-0.2, -0.15) is 5.10 Å². The molecule has 1 aromatic rings. The summed E-state index contributed by atoms with van der Waals surface area (Å²) in [5, 5.41) is 13.6. The molecule has 4 heteroatoms. The van der Waals surface area contributed by atoms with Crippen LogP contribution in [0.1, 0.15) is 50.4 Å². The van der Waals surface area contributed by atoms with Gasteiger partial charge < -0.3 is 5.11 Å². The van der Waals surface area contributed by atoms with Crippen LogP contribution in [-0.2, 0) is 0 Å². The largest absolute Gasteiger partial charge is 0.508 e. The predicted octanol–water partition coefficient (Wildman–Crippen LogP) is 3.57. The molecular weight excluding hydrogens is 264 g/mol. The number of phenolic OH excluding ortho intramolecular Hbond substituents is 1. The molecule has 0 aromatic heterocycles. The minimum Gasteiger partial charge on any atom is -0.508 e. The van der Waals surface area contributed by atoms with Crippen molar-refractivity contribution in [3.8, 4) is 5.75 Å². The number of amides is 1. The van der Waals surface area contributed by atoms with Gasteiger partial charge in [-0.05, 0) is 55.4 Å². The first-order valence-electron chi connectivity index (χ1n) is 7.63. The number of carbonyl (C=O) groups is 1. The summed E-state index contributed by atoms with van der Waals surface area (Å²) in [6.45, 7) is 6.64. The van der Waals surface area contributed by atoms with Crippen LogP contribution < -0.4 is 5.43 Å². The average molecular weight is 288 g/mol. The van der Waals surface area contributed by atoms with Gasteiger partial charge in [-0.3, -0.25) is 4.79 Å². The molecule has 114 valence electrons. The predicted molar refractivity (Wildman–Crippen MR) is 84.4 cm³/mol. The second kappa shape index (κ2) is 6.74. The molecule has 0 bridgehead atoms. The van der Waals surface area contributed by atoms with E-state index in [1.54, 1.807) is 12.1 Å². The maximum Gasteiger partial charge on any atom is 0.271 e. The van der Waals surface area contributed by atoms with E-state index in [0.29, 0.717) is 23.3 Å². The smallest absolute Gasteiger partial charge is 0.271 e. The zero-order valence-electron chi connectivity index (χ0n) is 13.0. The van der Waals surface area contributed by atoms with E-state index in [-0.39, 0.29) is 11.7 Å². The Kier molecular flexibility index (Phi) is 4.99. The Morgan fingerprint density at radius 3 is 2.57 bits per heavy atom. The maximum atomic E-state index is 12.1. The highest BCUT2D eigenvalue weighted by Crippen LogP contribution is 2.31. The molecule has 0 saturated heterocycles. The van der Waals surface area contributed by atoms with Crippen molar-refractivity contribution in [2.75, 3.05) is 0 Å². The zero-order valence-corrected chi connectivity index (χ0v) is 13.0. The summed E-state index contributed by atoms with van der Waals surface area (Å²) in [6, 6.07) is 6.19. The van der Waals surface area contributed by atoms with E-state index in [0.717, 1.165) is 18.6 Å². The maximum absolute atomic E-state index is 12.1. The van der Waals surface area contributed by atoms with Gasteiger partial charge in [0.1, 0.15) is 5.75 Å². The summed E-state index contributed by atoms with van der Waals surface area (Å²) < 4.78 is 0. The molecule has 0 aliphatic heterocycles. The highest BCUT2D eigenvalue weighted by atomic mass is 16.3. The van der Waals surface area contributed by atoms with E-state index in [2.05, 4.69) is 31.3 Å². The fourth-order valence-corrected chi connectivity index (χ4v) is 2.89. The van der Waals surface area contributed by atoms with Crippen LogP contribution in [0.15, 0.2) is 29.4 Å². The molecule has 0 radical (unpaired) electrons. The lowest BCUT2D eigenvalue weighted by Crippen LogP contribution is -2.31. The highest BCUT2D eigenvalue weighted by molar-refractivity contribution is 5.96. The second-order valence-electron chi connectivity index (χ2n) is 6.33. The first-order chi connectivity index (χ1) is 9.97. The standard InChI is InChI=1S/C17H24N2O2/c1-11(2)15-9-4-12(3)10-16(15)18-19-17(21)13-5-7-14(20)8-6-13/h5-8,11-12,15,20H,4,9-10H2,1-3H3,(H,19,21)/b18-16-/t12-,15-/m0/s1. The molecule has 2 rings (SSSR count). The minimum absolute atomic E-state index is 0.152. The summed E-state index contributed by atoms with van der Waals surface area (Å²) in [7, 11) is 0. The first kappa shape index (κ1) is 15.5. The van der Waals surface area contributed by atoms with Crippen molar-refractivity contribution < 1.29 is 9.90 Å². The lowest BCUT2D eigenvalue weighted by atomic mass is 9.76. The third-order valence-electron chi connectivity index (χ3n) is 4.19. The Morgan fingerprint density at radius 2 is 1.95 bits per heavy atom. The first-order valence-corrected chi connectivity index (χ1v) is 7.63. The van der Waals surface area contributed by atoms with Crippen molar-refractivity contribution in [2.24, 2.45) is 22.9 Å². The van der Waals surface area contributed by atoms with Gasteiger partial charge in [0.25, 0.3) is 5.91 Å². The monoisotopic (exact) mass is 288 g/mol. The zero-order chi connectivity index (χ0) is 15.4. The topological polar surface area (TPSA) is 61.7 Å². The Labute approximate surface area is 126 Å². The van der Waals surface area contributed by atoms with Crippen LogP contribution in [0.25, 0.3) is 0 Å². The van der Waals surface area contributed by atoms with Crippen LogP contribution in [0.4, 0.5) is 0 Å². The molecule has 0 unspecified atom stereocenters. The molecule has 1 saturated carbocycles. The molecule has 1 aliphatic rings. The number of hydrogen-bond acceptors (Lipinski definition) is 3. The number of rotatable bonds is 3. The number of carbonyl (C=O) groups excluding carboxylic acids is 1. The second-order valence-corrected chi connectivity index (χ2v) is 6.33. The van der Waals surface area contributed by atoms with Gasteiger partial charge in [-0.15, -0.1) is 0 Å². The van der Waals surface area contributed by atoms with Gasteiger partial charge in [-0.1, -0.05) is 20.8 Å². The van der Waals surface area contributed by atoms with Crippen molar-refractivity contribution >= 4 is 11.6 Å². The molecule has 4 nitrogen and oxygen atoms in total. The van der Waals surface area contributed by atoms with Gasteiger partial charge in [0.15, 0.2) is 0 Å². The molecule has 0 heterocycles. The molecule has 21 heavy (non-hydrogen) atoms. The minimum atomic E-state index is -0.233. The molecule has 2 N–H and O–H groups in total. The van der Waals surface area contributed by atoms with Crippen LogP contribution in [0, 0.1) is 17.8 Å². The van der Waals surface area contributed by atoms with E-state index in [9.17, 15) is 9.90 Å². The molecule has 1 aliphatic carbocycles. The summed E-state index contributed by atoms with van der Waals surface area (Å²) in [6.07, 6.45) is 3.33. The number of hydrogen-bond donors (Lipinski definition) is 2. The Hall–Kier alpha value is -1.84. The summed E-state index contributed by atoms with van der Waals surface area (Å²) in [5.74, 6) is 1.55. The van der Waals surface area contributed by atoms with Gasteiger partial charge in [-0.25, -0.2) is 5.43 Å². The fraction of sp³-hybridized carbons (Fsp3) is 0.529. The van der Waals surface area contributed by atoms with Crippen molar-refractivity contribution in [3.63, 3.8) is 0 Å². The van der Waals surface area contributed by atoms with Crippen LogP contribution in [0.5, 0.6) is 5.75 Å². The number of benzene rings is 1. The highest BCUT2D eigenvalue weighted by Gasteiger charge is 2.27. The van der Waals surface area contributed by atoms with Crippen LogP contribution in [-0.4, -0.2) is 16.7 Å². The normalized spacial score (nSPS) is 24.3. The molecule has 1 aromatic carbocycles. The van der Waals surface area contributed by atoms with E-state index in [4.69, 9.17) is 0 Å². The fourth-order valence-electron chi connectivity index (χ4n) is 2.89. The van der Waals surface area contributed by atoms with Gasteiger partial charge >= 0.3 is 0 Å². The molecule has 0 spiro atoms. The number of nitrogens with one attached hydrogen (secondary N) is 1. The van der Waals surface area contributed by atoms with Crippen molar-refractivity contribution in [1.82, 2.24) is 5.43 Å². The molecular formula is C17H24N2O2. The van der Waals surface area contributed by atoms with Gasteiger partial charge in [0.2, 0.25) is 0 Å². The summed E-state index contributed by atoms with van der Waals surface area (Å²) in [5.41, 5.74) is 4.27. The number of hydrazone groups is 1. The van der Waals surface area contributed by atoms with Crippen LogP contribution in [0.2, 0.25) is 0 Å². The quantitative estimate of drug-likeness (QED) is 0.835. The Bertz CT molecular complexity index is 520. The SMILES string of the molecule is CC(C)[C@@H]1CC[C@H](C)C/C1=N/NC(=O)c1ccc(O)cc1. The van der Waals surface area contributed by atoms with E-state index >= 15 is 0 Å². The number of phenols is 1. The van der Waals surface area contributed by atoms with Gasteiger partial charge in [0, 0.05) is 17.2 Å². The van der Waals surface area contributed by atoms with Crippen LogP contribution in [0.3, 0.4) is 0 Å². The third-order valence-corrected chi connectivity index (χ3v) is 4.19.